The summed E-state index contributed by atoms with van der Waals surface area (Å²) in [5.74, 6) is 0.409. The Hall–Kier alpha value is -1.03. The first-order chi connectivity index (χ1) is 10.7. The molecule has 1 saturated heterocycles. The summed E-state index contributed by atoms with van der Waals surface area (Å²) in [4.78, 5) is 9.49. The van der Waals surface area contributed by atoms with E-state index < -0.39 is 7.82 Å². The first-order valence-corrected chi connectivity index (χ1v) is 8.19. The summed E-state index contributed by atoms with van der Waals surface area (Å²) >= 11 is 0. The van der Waals surface area contributed by atoms with Crippen molar-refractivity contribution in [3.8, 4) is 5.75 Å². The van der Waals surface area contributed by atoms with E-state index in [1.807, 2.05) is 12.1 Å². The zero-order valence-electron chi connectivity index (χ0n) is 12.0. The van der Waals surface area contributed by atoms with Gasteiger partial charge in [-0.05, 0) is 39.6 Å². The highest BCUT2D eigenvalue weighted by molar-refractivity contribution is 7.48. The average Bonchev–Trinajstić information content (AvgIpc) is 2.64. The van der Waals surface area contributed by atoms with Gasteiger partial charge >= 0.3 is 7.82 Å². The Kier molecular flexibility index (Phi) is 7.23. The molecule has 1 aliphatic rings. The van der Waals surface area contributed by atoms with E-state index in [4.69, 9.17) is 14.1 Å². The summed E-state index contributed by atoms with van der Waals surface area (Å²) in [6.07, 6.45) is 2.81. The molecule has 9 nitrogen and oxygen atoms in total. The molecule has 124 valence electrons. The van der Waals surface area contributed by atoms with Crippen LogP contribution >= 0.6 is 7.82 Å². The van der Waals surface area contributed by atoms with Gasteiger partial charge in [0.05, 0.1) is 6.61 Å². The number of hydrogen-bond acceptors (Lipinski definition) is 9. The monoisotopic (exact) mass is 336 g/mol. The van der Waals surface area contributed by atoms with Gasteiger partial charge in [-0.15, -0.1) is 0 Å². The highest BCUT2D eigenvalue weighted by Crippen LogP contribution is 2.50. The van der Waals surface area contributed by atoms with Crippen molar-refractivity contribution in [1.82, 2.24) is 0 Å². The molecular formula is C12H17O9P. The number of phosphoric acid groups is 1. The van der Waals surface area contributed by atoms with Gasteiger partial charge in [0, 0.05) is 0 Å². The third kappa shape index (κ3) is 5.64. The Morgan fingerprint density at radius 2 is 2.05 bits per heavy atom. The molecule has 1 heterocycles. The molecule has 0 amide bonds. The lowest BCUT2D eigenvalue weighted by molar-refractivity contribution is -0.692. The molecule has 0 aliphatic carbocycles. The van der Waals surface area contributed by atoms with Gasteiger partial charge in [0.1, 0.15) is 6.61 Å². The van der Waals surface area contributed by atoms with E-state index in [2.05, 4.69) is 31.6 Å². The Balaban J connectivity index is 1.96. The van der Waals surface area contributed by atoms with E-state index in [1.54, 1.807) is 12.1 Å². The second-order valence-electron chi connectivity index (χ2n) is 4.25. The van der Waals surface area contributed by atoms with Crippen molar-refractivity contribution < 1.29 is 43.3 Å². The van der Waals surface area contributed by atoms with Crippen LogP contribution in [0.25, 0.3) is 0 Å². The third-order valence-electron chi connectivity index (χ3n) is 2.63. The summed E-state index contributed by atoms with van der Waals surface area (Å²) in [5.41, 5.74) is 0.907. The predicted molar refractivity (Wildman–Crippen MR) is 70.6 cm³/mol. The predicted octanol–water partition coefficient (Wildman–Crippen LogP) is 3.22. The van der Waals surface area contributed by atoms with Gasteiger partial charge < -0.3 is 4.89 Å². The van der Waals surface area contributed by atoms with Gasteiger partial charge in [-0.2, -0.15) is 0 Å². The first kappa shape index (κ1) is 17.3. The minimum atomic E-state index is -4.15. The lowest BCUT2D eigenvalue weighted by Crippen LogP contribution is -2.06. The van der Waals surface area contributed by atoms with Gasteiger partial charge in [-0.3, -0.25) is 4.52 Å². The lowest BCUT2D eigenvalue weighted by Gasteiger charge is -2.14. The van der Waals surface area contributed by atoms with E-state index in [9.17, 15) is 4.57 Å². The standard InChI is InChI=1S/C12H17O9P/c1-2-3-6-11-7-4-5-8-12(11)16-20-22(13)15-10-9-14-17-18-19-21-22/h4-5,7-8H,2-3,6,9-10H2,1H3. The highest BCUT2D eigenvalue weighted by atomic mass is 31.2. The fraction of sp³-hybridized carbons (Fsp3) is 0.500. The fourth-order valence-electron chi connectivity index (χ4n) is 1.60. The van der Waals surface area contributed by atoms with E-state index in [0.29, 0.717) is 5.75 Å². The molecule has 1 aromatic carbocycles. The topological polar surface area (TPSA) is 90.9 Å². The Morgan fingerprint density at radius 3 is 2.91 bits per heavy atom. The zero-order chi connectivity index (χ0) is 15.7. The van der Waals surface area contributed by atoms with Crippen molar-refractivity contribution in [3.63, 3.8) is 0 Å². The van der Waals surface area contributed by atoms with Crippen LogP contribution in [0.15, 0.2) is 24.3 Å². The summed E-state index contributed by atoms with van der Waals surface area (Å²) in [7, 11) is -4.15. The fourth-order valence-corrected chi connectivity index (χ4v) is 2.28. The molecule has 0 aromatic heterocycles. The van der Waals surface area contributed by atoms with E-state index in [0.717, 1.165) is 24.8 Å². The molecule has 0 bridgehead atoms. The maximum atomic E-state index is 12.1. The Bertz CT molecular complexity index is 481. The molecule has 0 radical (unpaired) electrons. The Morgan fingerprint density at radius 1 is 1.18 bits per heavy atom. The van der Waals surface area contributed by atoms with Crippen LogP contribution in [0.5, 0.6) is 5.75 Å². The molecule has 2 rings (SSSR count). The number of rotatable bonds is 6. The van der Waals surface area contributed by atoms with E-state index in [1.165, 1.54) is 0 Å². The summed E-state index contributed by atoms with van der Waals surface area (Å²) in [6.45, 7) is 1.86. The third-order valence-corrected chi connectivity index (χ3v) is 3.63. The molecule has 10 heteroatoms. The summed E-state index contributed by atoms with van der Waals surface area (Å²) in [6, 6.07) is 7.20. The van der Waals surface area contributed by atoms with Crippen molar-refractivity contribution in [2.45, 2.75) is 26.2 Å². The van der Waals surface area contributed by atoms with Crippen molar-refractivity contribution in [2.75, 3.05) is 13.2 Å². The maximum absolute atomic E-state index is 12.1. The Labute approximate surface area is 127 Å². The van der Waals surface area contributed by atoms with Crippen molar-refractivity contribution in [3.05, 3.63) is 29.8 Å². The van der Waals surface area contributed by atoms with E-state index in [-0.39, 0.29) is 13.2 Å². The molecule has 1 aliphatic heterocycles. The number of hydrogen-bond donors (Lipinski definition) is 0. The molecular weight excluding hydrogens is 319 g/mol. The van der Waals surface area contributed by atoms with Gasteiger partial charge in [-0.25, -0.2) is 9.45 Å². The first-order valence-electron chi connectivity index (χ1n) is 6.73. The van der Waals surface area contributed by atoms with Crippen LogP contribution in [-0.4, -0.2) is 13.2 Å². The SMILES string of the molecule is CCCCc1ccccc1OOP1(=O)OCCOOOOO1. The lowest BCUT2D eigenvalue weighted by atomic mass is 10.1. The molecule has 1 unspecified atom stereocenters. The smallest absolute Gasteiger partial charge is 0.327 e. The highest BCUT2D eigenvalue weighted by Gasteiger charge is 2.33. The minimum absolute atomic E-state index is 0.0762. The van der Waals surface area contributed by atoms with Crippen LogP contribution in [0.4, 0.5) is 0 Å². The number of aryl methyl sites for hydroxylation is 1. The second kappa shape index (κ2) is 9.19. The molecule has 0 saturated carbocycles. The van der Waals surface area contributed by atoms with E-state index >= 15 is 0 Å². The molecule has 0 spiro atoms. The van der Waals surface area contributed by atoms with Crippen LogP contribution in [0.1, 0.15) is 25.3 Å². The largest absolute Gasteiger partial charge is 0.540 e. The van der Waals surface area contributed by atoms with Crippen LogP contribution in [0.2, 0.25) is 0 Å². The molecule has 1 atom stereocenters. The molecule has 1 fully saturated rings. The van der Waals surface area contributed by atoms with Gasteiger partial charge in [0.25, 0.3) is 0 Å². The second-order valence-corrected chi connectivity index (χ2v) is 5.70. The molecule has 0 N–H and O–H groups in total. The van der Waals surface area contributed by atoms with Gasteiger partial charge in [0.2, 0.25) is 0 Å². The van der Waals surface area contributed by atoms with Crippen LogP contribution in [0, 0.1) is 0 Å². The summed E-state index contributed by atoms with van der Waals surface area (Å²) in [5, 5.41) is 12.0. The molecule has 22 heavy (non-hydrogen) atoms. The summed E-state index contributed by atoms with van der Waals surface area (Å²) < 4.78 is 26.1. The number of unbranched alkanes of at least 4 members (excludes halogenated alkanes) is 1. The van der Waals surface area contributed by atoms with Crippen LogP contribution in [-0.2, 0) is 44.9 Å². The number of para-hydroxylation sites is 1. The van der Waals surface area contributed by atoms with Crippen LogP contribution in [0.3, 0.4) is 0 Å². The zero-order valence-corrected chi connectivity index (χ0v) is 12.9. The number of benzene rings is 1. The normalized spacial score (nSPS) is 23.3. The molecule has 1 aromatic rings. The average molecular weight is 336 g/mol. The van der Waals surface area contributed by atoms with Crippen molar-refractivity contribution in [1.29, 1.82) is 0 Å². The van der Waals surface area contributed by atoms with Crippen molar-refractivity contribution >= 4 is 7.82 Å². The van der Waals surface area contributed by atoms with Gasteiger partial charge in [0.15, 0.2) is 5.75 Å². The quantitative estimate of drug-likeness (QED) is 0.441. The maximum Gasteiger partial charge on any atom is 0.540 e. The van der Waals surface area contributed by atoms with Gasteiger partial charge in [-0.1, -0.05) is 40.9 Å². The minimum Gasteiger partial charge on any atom is -0.327 e. The van der Waals surface area contributed by atoms with Crippen LogP contribution < -0.4 is 4.89 Å². The van der Waals surface area contributed by atoms with Crippen molar-refractivity contribution in [2.24, 2.45) is 0 Å².